The molecule has 0 radical (unpaired) electrons. The number of methoxy groups -OCH3 is 1. The highest BCUT2D eigenvalue weighted by Gasteiger charge is 2.39. The van der Waals surface area contributed by atoms with Crippen LogP contribution in [0.4, 0.5) is 11.4 Å². The molecule has 3 aromatic carbocycles. The van der Waals surface area contributed by atoms with E-state index in [1.54, 1.807) is 43.5 Å². The number of hydrogen-bond acceptors (Lipinski definition) is 3. The largest absolute Gasteiger partial charge is 0.497 e. The summed E-state index contributed by atoms with van der Waals surface area (Å²) in [5, 5.41) is 0.620. The van der Waals surface area contributed by atoms with Gasteiger partial charge in [0.25, 0.3) is 5.91 Å². The minimum absolute atomic E-state index is 0.0317. The number of carbonyl (C=O) groups is 2. The summed E-state index contributed by atoms with van der Waals surface area (Å²) in [6.45, 7) is 5.84. The van der Waals surface area contributed by atoms with Crippen LogP contribution in [-0.2, 0) is 4.79 Å². The van der Waals surface area contributed by atoms with Crippen molar-refractivity contribution in [1.82, 2.24) is 0 Å². The fourth-order valence-electron chi connectivity index (χ4n) is 4.55. The van der Waals surface area contributed by atoms with Crippen molar-refractivity contribution in [2.75, 3.05) is 16.9 Å². The Kier molecular flexibility index (Phi) is 6.94. The second-order valence-corrected chi connectivity index (χ2v) is 9.34. The van der Waals surface area contributed by atoms with Crippen molar-refractivity contribution in [2.45, 2.75) is 39.3 Å². The molecule has 0 aromatic heterocycles. The zero-order valence-corrected chi connectivity index (χ0v) is 20.6. The fraction of sp³-hybridized carbons (Fsp3) is 0.286. The van der Waals surface area contributed by atoms with Crippen LogP contribution in [0.3, 0.4) is 0 Å². The smallest absolute Gasteiger partial charge is 0.258 e. The fourth-order valence-corrected chi connectivity index (χ4v) is 4.67. The molecule has 0 spiro atoms. The normalized spacial score (nSPS) is 17.3. The standard InChI is InChI=1S/C28H29ClN2O3/c1-18(2)27(32)31(22-13-11-21(29)12-14-22)26-17-19(3)30(25-8-6-5-7-24(25)26)28(33)20-9-15-23(34-4)16-10-20/h5-16,18-19,26H,17H2,1-4H3/t19-,26+/m0/s1. The molecule has 176 valence electrons. The molecule has 1 aliphatic heterocycles. The minimum atomic E-state index is -0.206. The summed E-state index contributed by atoms with van der Waals surface area (Å²) in [5.74, 6) is 0.477. The molecule has 5 nitrogen and oxygen atoms in total. The van der Waals surface area contributed by atoms with Gasteiger partial charge in [-0.2, -0.15) is 0 Å². The number of para-hydroxylation sites is 1. The lowest BCUT2D eigenvalue weighted by atomic mass is 9.89. The number of carbonyl (C=O) groups excluding carboxylic acids is 2. The number of rotatable bonds is 5. The monoisotopic (exact) mass is 476 g/mol. The summed E-state index contributed by atoms with van der Waals surface area (Å²) in [6.07, 6.45) is 0.611. The van der Waals surface area contributed by atoms with Gasteiger partial charge in [0.2, 0.25) is 5.91 Å². The lowest BCUT2D eigenvalue weighted by Crippen LogP contribution is -2.48. The van der Waals surface area contributed by atoms with Gasteiger partial charge in [0.15, 0.2) is 0 Å². The molecule has 0 fully saturated rings. The minimum Gasteiger partial charge on any atom is -0.497 e. The molecule has 0 saturated carbocycles. The van der Waals surface area contributed by atoms with E-state index in [1.807, 2.05) is 67.0 Å². The molecule has 0 N–H and O–H groups in total. The lowest BCUT2D eigenvalue weighted by molar-refractivity contribution is -0.122. The number of halogens is 1. The second kappa shape index (κ2) is 9.90. The van der Waals surface area contributed by atoms with E-state index in [1.165, 1.54) is 0 Å². The first kappa shape index (κ1) is 23.8. The maximum atomic E-state index is 13.6. The second-order valence-electron chi connectivity index (χ2n) is 8.90. The number of ether oxygens (including phenoxy) is 1. The van der Waals surface area contributed by atoms with Gasteiger partial charge in [-0.25, -0.2) is 0 Å². The van der Waals surface area contributed by atoms with Crippen molar-refractivity contribution >= 4 is 34.8 Å². The first-order valence-electron chi connectivity index (χ1n) is 11.5. The third-order valence-electron chi connectivity index (χ3n) is 6.26. The Hall–Kier alpha value is -3.31. The summed E-state index contributed by atoms with van der Waals surface area (Å²) >= 11 is 6.12. The van der Waals surface area contributed by atoms with Crippen LogP contribution < -0.4 is 14.5 Å². The van der Waals surface area contributed by atoms with E-state index in [0.717, 1.165) is 16.9 Å². The third-order valence-corrected chi connectivity index (χ3v) is 6.52. The summed E-state index contributed by atoms with van der Waals surface area (Å²) in [5.41, 5.74) is 3.16. The van der Waals surface area contributed by atoms with Crippen LogP contribution in [0.25, 0.3) is 0 Å². The van der Waals surface area contributed by atoms with Crippen molar-refractivity contribution in [3.05, 3.63) is 88.9 Å². The first-order valence-corrected chi connectivity index (χ1v) is 11.8. The van der Waals surface area contributed by atoms with Crippen molar-refractivity contribution in [2.24, 2.45) is 5.92 Å². The number of hydrogen-bond donors (Lipinski definition) is 0. The van der Waals surface area contributed by atoms with Crippen molar-refractivity contribution in [3.8, 4) is 5.75 Å². The van der Waals surface area contributed by atoms with Gasteiger partial charge in [0, 0.05) is 33.9 Å². The molecule has 0 bridgehead atoms. The Morgan fingerprint density at radius 2 is 1.65 bits per heavy atom. The molecule has 0 unspecified atom stereocenters. The Balaban J connectivity index is 1.77. The molecule has 4 rings (SSSR count). The molecular formula is C28H29ClN2O3. The van der Waals surface area contributed by atoms with Gasteiger partial charge >= 0.3 is 0 Å². The number of amides is 2. The van der Waals surface area contributed by atoms with Gasteiger partial charge < -0.3 is 14.5 Å². The number of benzene rings is 3. The molecule has 0 aliphatic carbocycles. The molecule has 2 atom stereocenters. The zero-order chi connectivity index (χ0) is 24.4. The summed E-state index contributed by atoms with van der Waals surface area (Å²) in [7, 11) is 1.60. The quantitative estimate of drug-likeness (QED) is 0.421. The first-order chi connectivity index (χ1) is 16.3. The Morgan fingerprint density at radius 3 is 2.26 bits per heavy atom. The Labute approximate surface area is 205 Å². The van der Waals surface area contributed by atoms with Crippen LogP contribution in [0.15, 0.2) is 72.8 Å². The van der Waals surface area contributed by atoms with Gasteiger partial charge in [-0.3, -0.25) is 9.59 Å². The Bertz CT molecular complexity index is 1180. The van der Waals surface area contributed by atoms with Crippen LogP contribution in [0.1, 0.15) is 49.2 Å². The molecule has 6 heteroatoms. The third kappa shape index (κ3) is 4.53. The molecular weight excluding hydrogens is 448 g/mol. The van der Waals surface area contributed by atoms with E-state index < -0.39 is 0 Å². The van der Waals surface area contributed by atoms with Crippen LogP contribution >= 0.6 is 11.6 Å². The highest BCUT2D eigenvalue weighted by atomic mass is 35.5. The van der Waals surface area contributed by atoms with Crippen LogP contribution in [0.5, 0.6) is 5.75 Å². The number of nitrogens with zero attached hydrogens (tertiary/aromatic N) is 2. The number of fused-ring (bicyclic) bond motifs is 1. The van der Waals surface area contributed by atoms with Crippen molar-refractivity contribution < 1.29 is 14.3 Å². The highest BCUT2D eigenvalue weighted by molar-refractivity contribution is 6.30. The van der Waals surface area contributed by atoms with Gasteiger partial charge in [-0.1, -0.05) is 43.6 Å². The van der Waals surface area contributed by atoms with E-state index >= 15 is 0 Å². The Morgan fingerprint density at radius 1 is 1.00 bits per heavy atom. The zero-order valence-electron chi connectivity index (χ0n) is 19.9. The van der Waals surface area contributed by atoms with Gasteiger partial charge in [-0.15, -0.1) is 0 Å². The van der Waals surface area contributed by atoms with Gasteiger partial charge in [-0.05, 0) is 73.5 Å². The summed E-state index contributed by atoms with van der Waals surface area (Å²) < 4.78 is 5.23. The molecule has 1 aliphatic rings. The molecule has 0 saturated heterocycles. The summed E-state index contributed by atoms with van der Waals surface area (Å²) in [4.78, 5) is 30.7. The molecule has 3 aromatic rings. The number of anilines is 2. The van der Waals surface area contributed by atoms with Crippen molar-refractivity contribution in [3.63, 3.8) is 0 Å². The average Bonchev–Trinajstić information content (AvgIpc) is 2.85. The van der Waals surface area contributed by atoms with E-state index in [0.29, 0.717) is 22.8 Å². The predicted molar refractivity (Wildman–Crippen MR) is 137 cm³/mol. The maximum absolute atomic E-state index is 13.6. The highest BCUT2D eigenvalue weighted by Crippen LogP contribution is 2.43. The van der Waals surface area contributed by atoms with E-state index in [9.17, 15) is 9.59 Å². The SMILES string of the molecule is COc1ccc(C(=O)N2c3ccccc3[C@H](N(C(=O)C(C)C)c3ccc(Cl)cc3)C[C@@H]2C)cc1. The summed E-state index contributed by atoms with van der Waals surface area (Å²) in [6, 6.07) is 22.0. The van der Waals surface area contributed by atoms with E-state index in [2.05, 4.69) is 0 Å². The van der Waals surface area contributed by atoms with Crippen molar-refractivity contribution in [1.29, 1.82) is 0 Å². The molecule has 2 amide bonds. The van der Waals surface area contributed by atoms with E-state index in [4.69, 9.17) is 16.3 Å². The van der Waals surface area contributed by atoms with Crippen LogP contribution in [0.2, 0.25) is 5.02 Å². The average molecular weight is 477 g/mol. The van der Waals surface area contributed by atoms with E-state index in [-0.39, 0.29) is 29.8 Å². The molecule has 1 heterocycles. The van der Waals surface area contributed by atoms with Gasteiger partial charge in [0.05, 0.1) is 13.2 Å². The maximum Gasteiger partial charge on any atom is 0.258 e. The van der Waals surface area contributed by atoms with Crippen LogP contribution in [-0.4, -0.2) is 25.0 Å². The van der Waals surface area contributed by atoms with Crippen LogP contribution in [0, 0.1) is 5.92 Å². The predicted octanol–water partition coefficient (Wildman–Crippen LogP) is 6.52. The lowest BCUT2D eigenvalue weighted by Gasteiger charge is -2.44. The topological polar surface area (TPSA) is 49.9 Å². The molecule has 34 heavy (non-hydrogen) atoms. The van der Waals surface area contributed by atoms with Gasteiger partial charge in [0.1, 0.15) is 5.75 Å².